The summed E-state index contributed by atoms with van der Waals surface area (Å²) in [5.41, 5.74) is 7.60. The van der Waals surface area contributed by atoms with Crippen LogP contribution in [0.3, 0.4) is 0 Å². The van der Waals surface area contributed by atoms with Gasteiger partial charge < -0.3 is 15.3 Å². The lowest BCUT2D eigenvalue weighted by atomic mass is 10.3. The van der Waals surface area contributed by atoms with Crippen molar-refractivity contribution in [3.05, 3.63) is 24.3 Å². The average Bonchev–Trinajstić information content (AvgIpc) is 2.18. The molecule has 6 heteroatoms. The van der Waals surface area contributed by atoms with Crippen molar-refractivity contribution in [2.75, 3.05) is 12.5 Å². The van der Waals surface area contributed by atoms with Crippen molar-refractivity contribution in [1.82, 2.24) is 11.0 Å². The number of nitrogens with one attached hydrogen (secondary N) is 3. The second-order valence-corrected chi connectivity index (χ2v) is 2.41. The number of rotatable bonds is 4. The van der Waals surface area contributed by atoms with Gasteiger partial charge in [0, 0.05) is 0 Å². The minimum absolute atomic E-state index is 0.722. The molecule has 0 aliphatic carbocycles. The zero-order valence-corrected chi connectivity index (χ0v) is 7.57. The maximum Gasteiger partial charge on any atom is 0.420 e. The van der Waals surface area contributed by atoms with Crippen LogP contribution >= 0.6 is 0 Å². The first-order valence-corrected chi connectivity index (χ1v) is 3.86. The van der Waals surface area contributed by atoms with Gasteiger partial charge in [0.05, 0.1) is 12.8 Å². The molecule has 0 aromatic heterocycles. The lowest BCUT2D eigenvalue weighted by Gasteiger charge is -2.07. The summed E-state index contributed by atoms with van der Waals surface area (Å²) in [5, 5.41) is 8.24. The Kier molecular flexibility index (Phi) is 3.57. The molecule has 0 unspecified atom stereocenters. The van der Waals surface area contributed by atoms with Crippen LogP contribution in [0.25, 0.3) is 0 Å². The molecule has 0 spiro atoms. The number of hydrogen-bond donors (Lipinski definition) is 4. The smallest absolute Gasteiger partial charge is 0.420 e. The third-order valence-electron chi connectivity index (χ3n) is 1.47. The van der Waals surface area contributed by atoms with Crippen LogP contribution in [-0.2, 0) is 0 Å². The van der Waals surface area contributed by atoms with Gasteiger partial charge in [-0.1, -0.05) is 0 Å². The molecule has 76 valence electrons. The lowest BCUT2D eigenvalue weighted by Crippen LogP contribution is -2.40. The fraction of sp³-hybridized carbons (Fsp3) is 0.125. The molecule has 1 amide bonds. The first-order valence-electron chi connectivity index (χ1n) is 3.86. The number of hydrogen-bond acceptors (Lipinski definition) is 4. The molecule has 0 bridgehead atoms. The van der Waals surface area contributed by atoms with E-state index in [1.807, 2.05) is 5.43 Å². The van der Waals surface area contributed by atoms with Crippen molar-refractivity contribution >= 4 is 11.8 Å². The maximum atomic E-state index is 10.1. The van der Waals surface area contributed by atoms with Crippen LogP contribution < -0.4 is 21.1 Å². The zero-order chi connectivity index (χ0) is 10.4. The number of carboxylic acid groups (broad SMARTS) is 1. The van der Waals surface area contributed by atoms with Gasteiger partial charge >= 0.3 is 6.09 Å². The summed E-state index contributed by atoms with van der Waals surface area (Å²) in [6.07, 6.45) is -1.16. The van der Waals surface area contributed by atoms with Crippen molar-refractivity contribution in [1.29, 1.82) is 0 Å². The van der Waals surface area contributed by atoms with Gasteiger partial charge in [-0.2, -0.15) is 0 Å². The molecule has 0 heterocycles. The summed E-state index contributed by atoms with van der Waals surface area (Å²) in [6.45, 7) is 0. The Morgan fingerprint density at radius 3 is 2.50 bits per heavy atom. The van der Waals surface area contributed by atoms with Gasteiger partial charge in [-0.05, 0) is 24.3 Å². The predicted molar refractivity (Wildman–Crippen MR) is 50.9 cm³/mol. The van der Waals surface area contributed by atoms with Gasteiger partial charge in [0.2, 0.25) is 0 Å². The molecule has 1 aromatic carbocycles. The van der Waals surface area contributed by atoms with E-state index in [2.05, 4.69) is 11.0 Å². The number of hydrazine groups is 2. The quantitative estimate of drug-likeness (QED) is 0.536. The van der Waals surface area contributed by atoms with Crippen molar-refractivity contribution < 1.29 is 14.6 Å². The zero-order valence-electron chi connectivity index (χ0n) is 7.57. The minimum atomic E-state index is -1.16. The summed E-state index contributed by atoms with van der Waals surface area (Å²) in [5.74, 6) is 0.738. The highest BCUT2D eigenvalue weighted by molar-refractivity contribution is 5.63. The third-order valence-corrected chi connectivity index (χ3v) is 1.47. The summed E-state index contributed by atoms with van der Waals surface area (Å²) < 4.78 is 4.95. The van der Waals surface area contributed by atoms with Gasteiger partial charge in [-0.3, -0.25) is 0 Å². The number of carbonyl (C=O) groups is 1. The molecule has 1 aromatic rings. The van der Waals surface area contributed by atoms with Gasteiger partial charge in [-0.25, -0.2) is 10.2 Å². The SMILES string of the molecule is COc1ccc(NNNC(=O)O)cc1. The topological polar surface area (TPSA) is 82.6 Å². The largest absolute Gasteiger partial charge is 0.497 e. The van der Waals surface area contributed by atoms with Gasteiger partial charge in [0.25, 0.3) is 0 Å². The van der Waals surface area contributed by atoms with E-state index in [1.54, 1.807) is 31.4 Å². The first-order chi connectivity index (χ1) is 6.72. The summed E-state index contributed by atoms with van der Waals surface area (Å²) >= 11 is 0. The fourth-order valence-corrected chi connectivity index (χ4v) is 0.831. The Hall–Kier alpha value is -1.95. The van der Waals surface area contributed by atoms with Gasteiger partial charge in [-0.15, -0.1) is 5.53 Å². The molecule has 0 atom stereocenters. The molecule has 0 aliphatic heterocycles. The van der Waals surface area contributed by atoms with E-state index >= 15 is 0 Å². The Morgan fingerprint density at radius 1 is 1.36 bits per heavy atom. The summed E-state index contributed by atoms with van der Waals surface area (Å²) in [4.78, 5) is 10.1. The van der Waals surface area contributed by atoms with E-state index in [0.29, 0.717) is 0 Å². The summed E-state index contributed by atoms with van der Waals surface area (Å²) in [7, 11) is 1.58. The summed E-state index contributed by atoms with van der Waals surface area (Å²) in [6, 6.07) is 7.00. The fourth-order valence-electron chi connectivity index (χ4n) is 0.831. The van der Waals surface area contributed by atoms with Crippen LogP contribution in [0.4, 0.5) is 10.5 Å². The number of methoxy groups -OCH3 is 1. The van der Waals surface area contributed by atoms with Crippen molar-refractivity contribution in [3.8, 4) is 5.75 Å². The number of anilines is 1. The molecule has 1 rings (SSSR count). The van der Waals surface area contributed by atoms with Crippen LogP contribution in [0, 0.1) is 0 Å². The average molecular weight is 197 g/mol. The number of benzene rings is 1. The number of ether oxygens (including phenoxy) is 1. The van der Waals surface area contributed by atoms with Gasteiger partial charge in [0.15, 0.2) is 0 Å². The van der Waals surface area contributed by atoms with E-state index in [0.717, 1.165) is 11.4 Å². The molecule has 6 nitrogen and oxygen atoms in total. The van der Waals surface area contributed by atoms with Gasteiger partial charge in [0.1, 0.15) is 5.75 Å². The normalized spacial score (nSPS) is 9.21. The van der Waals surface area contributed by atoms with E-state index in [9.17, 15) is 4.79 Å². The predicted octanol–water partition coefficient (Wildman–Crippen LogP) is 0.794. The standard InChI is InChI=1S/C8H11N3O3/c1-14-7-4-2-6(3-5-7)9-11-10-8(12)13/h2-5,9-11H,1H3,(H,12,13). The first kappa shape index (κ1) is 10.1. The minimum Gasteiger partial charge on any atom is -0.497 e. The molecule has 4 N–H and O–H groups in total. The molecule has 14 heavy (non-hydrogen) atoms. The Balaban J connectivity index is 2.40. The van der Waals surface area contributed by atoms with E-state index in [-0.39, 0.29) is 0 Å². The van der Waals surface area contributed by atoms with Crippen molar-refractivity contribution in [2.45, 2.75) is 0 Å². The van der Waals surface area contributed by atoms with E-state index in [4.69, 9.17) is 9.84 Å². The van der Waals surface area contributed by atoms with Crippen LogP contribution in [0.2, 0.25) is 0 Å². The molecular weight excluding hydrogens is 186 g/mol. The van der Waals surface area contributed by atoms with Crippen molar-refractivity contribution in [3.63, 3.8) is 0 Å². The molecule has 0 saturated heterocycles. The Morgan fingerprint density at radius 2 is 2.00 bits per heavy atom. The molecule has 0 fully saturated rings. The lowest BCUT2D eigenvalue weighted by molar-refractivity contribution is 0.190. The highest BCUT2D eigenvalue weighted by Gasteiger charge is 1.93. The Bertz CT molecular complexity index is 299. The highest BCUT2D eigenvalue weighted by Crippen LogP contribution is 2.13. The monoisotopic (exact) mass is 197 g/mol. The highest BCUT2D eigenvalue weighted by atomic mass is 16.5. The second-order valence-electron chi connectivity index (χ2n) is 2.41. The third kappa shape index (κ3) is 3.20. The molecule has 0 radical (unpaired) electrons. The second kappa shape index (κ2) is 4.93. The van der Waals surface area contributed by atoms with Crippen molar-refractivity contribution in [2.24, 2.45) is 0 Å². The Labute approximate surface area is 80.8 Å². The van der Waals surface area contributed by atoms with E-state index < -0.39 is 6.09 Å². The molecule has 0 saturated carbocycles. The number of amides is 1. The molecule has 0 aliphatic rings. The maximum absolute atomic E-state index is 10.1. The van der Waals surface area contributed by atoms with Crippen LogP contribution in [-0.4, -0.2) is 18.3 Å². The van der Waals surface area contributed by atoms with E-state index in [1.165, 1.54) is 0 Å². The van der Waals surface area contributed by atoms with Crippen LogP contribution in [0.15, 0.2) is 24.3 Å². The molecular formula is C8H11N3O3. The van der Waals surface area contributed by atoms with Crippen LogP contribution in [0.1, 0.15) is 0 Å². The van der Waals surface area contributed by atoms with Crippen LogP contribution in [0.5, 0.6) is 5.75 Å².